The van der Waals surface area contributed by atoms with Crippen molar-refractivity contribution in [3.05, 3.63) is 42.2 Å². The van der Waals surface area contributed by atoms with Crippen LogP contribution < -0.4 is 5.73 Å². The minimum atomic E-state index is -0.892. The lowest BCUT2D eigenvalue weighted by Crippen LogP contribution is -2.38. The number of nitrogens with zero attached hydrogens (tertiary/aromatic N) is 1. The SMILES string of the molecule is CC(C=Cc1cc2ccccc2o1)N(O)C(N)=O. The summed E-state index contributed by atoms with van der Waals surface area (Å²) in [5.74, 6) is 0.654. The third-order valence-electron chi connectivity index (χ3n) is 2.60. The maximum atomic E-state index is 10.7. The van der Waals surface area contributed by atoms with Crippen LogP contribution in [-0.4, -0.2) is 22.3 Å². The number of fused-ring (bicyclic) bond motifs is 1. The molecule has 0 aliphatic rings. The van der Waals surface area contributed by atoms with Gasteiger partial charge < -0.3 is 10.2 Å². The summed E-state index contributed by atoms with van der Waals surface area (Å²) in [4.78, 5) is 10.7. The first-order chi connectivity index (χ1) is 8.58. The predicted octanol–water partition coefficient (Wildman–Crippen LogP) is 2.60. The molecule has 1 aromatic heterocycles. The quantitative estimate of drug-likeness (QED) is 0.645. The molecule has 1 atom stereocenters. The molecule has 0 spiro atoms. The van der Waals surface area contributed by atoms with Gasteiger partial charge in [-0.25, -0.2) is 4.79 Å². The van der Waals surface area contributed by atoms with Crippen molar-refractivity contribution < 1.29 is 14.4 Å². The molecule has 0 saturated heterocycles. The van der Waals surface area contributed by atoms with Crippen molar-refractivity contribution in [3.63, 3.8) is 0 Å². The van der Waals surface area contributed by atoms with Crippen LogP contribution in [0.15, 0.2) is 40.8 Å². The van der Waals surface area contributed by atoms with Gasteiger partial charge in [0.25, 0.3) is 0 Å². The number of furan rings is 1. The van der Waals surface area contributed by atoms with E-state index in [1.165, 1.54) is 0 Å². The molecule has 0 aliphatic heterocycles. The lowest BCUT2D eigenvalue weighted by molar-refractivity contribution is -0.0560. The molecule has 1 unspecified atom stereocenters. The number of hydrogen-bond acceptors (Lipinski definition) is 3. The standard InChI is InChI=1S/C13H14N2O3/c1-9(15(17)13(14)16)6-7-11-8-10-4-2-3-5-12(10)18-11/h2-9,17H,1H3,(H2,14,16). The smallest absolute Gasteiger partial charge is 0.339 e. The van der Waals surface area contributed by atoms with Crippen LogP contribution in [0.25, 0.3) is 17.0 Å². The number of primary amides is 1. The Morgan fingerprint density at radius 2 is 2.22 bits per heavy atom. The zero-order valence-corrected chi connectivity index (χ0v) is 9.91. The van der Waals surface area contributed by atoms with E-state index < -0.39 is 12.1 Å². The van der Waals surface area contributed by atoms with Crippen molar-refractivity contribution in [1.82, 2.24) is 5.06 Å². The zero-order valence-electron chi connectivity index (χ0n) is 9.91. The minimum Gasteiger partial charge on any atom is -0.457 e. The van der Waals surface area contributed by atoms with Crippen molar-refractivity contribution in [2.24, 2.45) is 5.73 Å². The number of carbonyl (C=O) groups excluding carboxylic acids is 1. The van der Waals surface area contributed by atoms with Gasteiger partial charge in [0.15, 0.2) is 0 Å². The summed E-state index contributed by atoms with van der Waals surface area (Å²) in [5.41, 5.74) is 5.74. The van der Waals surface area contributed by atoms with Crippen LogP contribution in [0.1, 0.15) is 12.7 Å². The van der Waals surface area contributed by atoms with Gasteiger partial charge in [0.2, 0.25) is 0 Å². The van der Waals surface area contributed by atoms with Crippen LogP contribution in [-0.2, 0) is 0 Å². The molecule has 2 amide bonds. The second-order valence-corrected chi connectivity index (χ2v) is 3.97. The highest BCUT2D eigenvalue weighted by molar-refractivity contribution is 5.79. The Bertz CT molecular complexity index is 556. The average Bonchev–Trinajstić information content (AvgIpc) is 2.77. The van der Waals surface area contributed by atoms with Crippen molar-refractivity contribution in [1.29, 1.82) is 0 Å². The molecule has 0 aliphatic carbocycles. The van der Waals surface area contributed by atoms with E-state index in [4.69, 9.17) is 10.2 Å². The van der Waals surface area contributed by atoms with Crippen molar-refractivity contribution >= 4 is 23.1 Å². The molecule has 2 rings (SSSR count). The van der Waals surface area contributed by atoms with Gasteiger partial charge in [-0.1, -0.05) is 24.3 Å². The highest BCUT2D eigenvalue weighted by atomic mass is 16.5. The van der Waals surface area contributed by atoms with Gasteiger partial charge in [-0.3, -0.25) is 5.21 Å². The van der Waals surface area contributed by atoms with Gasteiger partial charge in [-0.2, -0.15) is 5.06 Å². The highest BCUT2D eigenvalue weighted by Gasteiger charge is 2.11. The Balaban J connectivity index is 2.15. The number of hydroxylamine groups is 2. The van der Waals surface area contributed by atoms with Gasteiger partial charge in [-0.15, -0.1) is 0 Å². The lowest BCUT2D eigenvalue weighted by atomic mass is 10.2. The van der Waals surface area contributed by atoms with Gasteiger partial charge in [0.05, 0.1) is 6.04 Å². The average molecular weight is 246 g/mol. The van der Waals surface area contributed by atoms with Crippen LogP contribution in [0.4, 0.5) is 4.79 Å². The Hall–Kier alpha value is -2.27. The molecule has 0 radical (unpaired) electrons. The highest BCUT2D eigenvalue weighted by Crippen LogP contribution is 2.19. The summed E-state index contributed by atoms with van der Waals surface area (Å²) in [6.45, 7) is 1.64. The van der Waals surface area contributed by atoms with Crippen molar-refractivity contribution in [3.8, 4) is 0 Å². The van der Waals surface area contributed by atoms with E-state index in [1.807, 2.05) is 30.3 Å². The number of urea groups is 1. The summed E-state index contributed by atoms with van der Waals surface area (Å²) in [7, 11) is 0. The second kappa shape index (κ2) is 4.93. The van der Waals surface area contributed by atoms with E-state index in [2.05, 4.69) is 0 Å². The number of amides is 2. The first kappa shape index (κ1) is 12.2. The van der Waals surface area contributed by atoms with E-state index in [1.54, 1.807) is 19.1 Å². The summed E-state index contributed by atoms with van der Waals surface area (Å²) in [6, 6.07) is 8.11. The van der Waals surface area contributed by atoms with Gasteiger partial charge in [0, 0.05) is 5.39 Å². The predicted molar refractivity (Wildman–Crippen MR) is 67.9 cm³/mol. The topological polar surface area (TPSA) is 79.7 Å². The fourth-order valence-corrected chi connectivity index (χ4v) is 1.60. The molecule has 0 fully saturated rings. The Morgan fingerprint density at radius 1 is 1.50 bits per heavy atom. The van der Waals surface area contributed by atoms with Crippen LogP contribution in [0.3, 0.4) is 0 Å². The summed E-state index contributed by atoms with van der Waals surface area (Å²) in [5, 5.41) is 10.7. The van der Waals surface area contributed by atoms with Crippen LogP contribution in [0, 0.1) is 0 Å². The number of para-hydroxylation sites is 1. The first-order valence-corrected chi connectivity index (χ1v) is 5.52. The Labute approximate surface area is 104 Å². The molecule has 0 bridgehead atoms. The van der Waals surface area contributed by atoms with E-state index in [0.717, 1.165) is 11.0 Å². The zero-order chi connectivity index (χ0) is 13.1. The summed E-state index contributed by atoms with van der Waals surface area (Å²) < 4.78 is 5.56. The number of rotatable bonds is 3. The molecule has 94 valence electrons. The molecular formula is C13H14N2O3. The van der Waals surface area contributed by atoms with Crippen molar-refractivity contribution in [2.75, 3.05) is 0 Å². The van der Waals surface area contributed by atoms with Crippen LogP contribution in [0.2, 0.25) is 0 Å². The second-order valence-electron chi connectivity index (χ2n) is 3.97. The van der Waals surface area contributed by atoms with E-state index in [-0.39, 0.29) is 0 Å². The normalized spacial score (nSPS) is 13.0. The molecule has 3 N–H and O–H groups in total. The first-order valence-electron chi connectivity index (χ1n) is 5.52. The molecule has 18 heavy (non-hydrogen) atoms. The fourth-order valence-electron chi connectivity index (χ4n) is 1.60. The van der Waals surface area contributed by atoms with E-state index >= 15 is 0 Å². The number of hydrogen-bond donors (Lipinski definition) is 2. The molecular weight excluding hydrogens is 232 g/mol. The van der Waals surface area contributed by atoms with E-state index in [9.17, 15) is 10.0 Å². The Kier molecular flexibility index (Phi) is 3.34. The molecule has 2 aromatic rings. The Morgan fingerprint density at radius 3 is 2.89 bits per heavy atom. The third kappa shape index (κ3) is 2.52. The molecule has 1 aromatic carbocycles. The number of benzene rings is 1. The number of nitrogens with two attached hydrogens (primary N) is 1. The summed E-state index contributed by atoms with van der Waals surface area (Å²) >= 11 is 0. The molecule has 0 saturated carbocycles. The molecule has 1 heterocycles. The molecule has 5 nitrogen and oxygen atoms in total. The van der Waals surface area contributed by atoms with Crippen LogP contribution in [0.5, 0.6) is 0 Å². The lowest BCUT2D eigenvalue weighted by Gasteiger charge is -2.16. The largest absolute Gasteiger partial charge is 0.457 e. The van der Waals surface area contributed by atoms with Crippen molar-refractivity contribution in [2.45, 2.75) is 13.0 Å². The van der Waals surface area contributed by atoms with Gasteiger partial charge in [-0.05, 0) is 25.1 Å². The third-order valence-corrected chi connectivity index (χ3v) is 2.60. The molecule has 5 heteroatoms. The van der Waals surface area contributed by atoms with Gasteiger partial charge >= 0.3 is 6.03 Å². The maximum Gasteiger partial charge on any atom is 0.339 e. The van der Waals surface area contributed by atoms with E-state index in [0.29, 0.717) is 10.8 Å². The minimum absolute atomic E-state index is 0.457. The summed E-state index contributed by atoms with van der Waals surface area (Å²) in [6.07, 6.45) is 3.32. The maximum absolute atomic E-state index is 10.7. The fraction of sp³-hybridized carbons (Fsp3) is 0.154. The number of carbonyl (C=O) groups is 1. The van der Waals surface area contributed by atoms with Gasteiger partial charge in [0.1, 0.15) is 11.3 Å². The van der Waals surface area contributed by atoms with Crippen LogP contribution >= 0.6 is 0 Å². The monoisotopic (exact) mass is 246 g/mol.